The van der Waals surface area contributed by atoms with Crippen molar-refractivity contribution in [3.05, 3.63) is 52.8 Å². The van der Waals surface area contributed by atoms with E-state index in [4.69, 9.17) is 0 Å². The maximum Gasteiger partial charge on any atom is 0.0540 e. The second-order valence-corrected chi connectivity index (χ2v) is 6.19. The van der Waals surface area contributed by atoms with Crippen LogP contribution in [0.5, 0.6) is 0 Å². The predicted molar refractivity (Wildman–Crippen MR) is 86.2 cm³/mol. The number of nitrogens with zero attached hydrogens (tertiary/aromatic N) is 2. The molecule has 0 bridgehead atoms. The third-order valence-electron chi connectivity index (χ3n) is 4.81. The molecular formula is C18H25N3. The molecule has 1 aliphatic rings. The van der Waals surface area contributed by atoms with Crippen molar-refractivity contribution in [3.63, 3.8) is 0 Å². The van der Waals surface area contributed by atoms with Gasteiger partial charge in [0.05, 0.1) is 6.20 Å². The summed E-state index contributed by atoms with van der Waals surface area (Å²) < 4.78 is 1.95. The molecule has 0 saturated carbocycles. The van der Waals surface area contributed by atoms with Gasteiger partial charge in [0.15, 0.2) is 0 Å². The second kappa shape index (κ2) is 6.02. The zero-order chi connectivity index (χ0) is 14.8. The molecule has 0 aliphatic heterocycles. The molecular weight excluding hydrogens is 258 g/mol. The lowest BCUT2D eigenvalue weighted by Gasteiger charge is -2.24. The normalized spacial score (nSPS) is 19.9. The van der Waals surface area contributed by atoms with Crippen LogP contribution in [0.1, 0.15) is 60.7 Å². The number of rotatable bonds is 3. The Balaban J connectivity index is 1.82. The first-order valence-electron chi connectivity index (χ1n) is 7.99. The Morgan fingerprint density at radius 1 is 1.29 bits per heavy atom. The maximum absolute atomic E-state index is 4.37. The predicted octanol–water partition coefficient (Wildman–Crippen LogP) is 3.85. The van der Waals surface area contributed by atoms with E-state index in [0.717, 1.165) is 0 Å². The Bertz CT molecular complexity index is 615. The SMILES string of the molecule is Cc1c(C(C)NC2CCCCc3ccccc32)cnn1C. The van der Waals surface area contributed by atoms with Crippen LogP contribution in [0.4, 0.5) is 0 Å². The number of fused-ring (bicyclic) bond motifs is 1. The summed E-state index contributed by atoms with van der Waals surface area (Å²) in [5.74, 6) is 0. The fourth-order valence-corrected chi connectivity index (χ4v) is 3.43. The van der Waals surface area contributed by atoms with Gasteiger partial charge >= 0.3 is 0 Å². The first-order valence-corrected chi connectivity index (χ1v) is 7.99. The molecule has 2 unspecified atom stereocenters. The molecule has 1 N–H and O–H groups in total. The van der Waals surface area contributed by atoms with E-state index in [-0.39, 0.29) is 0 Å². The Kier molecular flexibility index (Phi) is 4.11. The third kappa shape index (κ3) is 2.88. The Morgan fingerprint density at radius 3 is 2.86 bits per heavy atom. The number of benzene rings is 1. The van der Waals surface area contributed by atoms with Crippen molar-refractivity contribution in [3.8, 4) is 0 Å². The molecule has 1 aromatic heterocycles. The molecule has 112 valence electrons. The minimum atomic E-state index is 0.329. The van der Waals surface area contributed by atoms with Gasteiger partial charge in [0, 0.05) is 30.4 Å². The molecule has 2 atom stereocenters. The van der Waals surface area contributed by atoms with Crippen molar-refractivity contribution >= 4 is 0 Å². The van der Waals surface area contributed by atoms with Crippen LogP contribution in [-0.2, 0) is 13.5 Å². The van der Waals surface area contributed by atoms with E-state index in [2.05, 4.69) is 48.5 Å². The molecule has 1 heterocycles. The molecule has 1 aromatic carbocycles. The molecule has 3 rings (SSSR count). The van der Waals surface area contributed by atoms with Crippen molar-refractivity contribution < 1.29 is 0 Å². The van der Waals surface area contributed by atoms with E-state index >= 15 is 0 Å². The highest BCUT2D eigenvalue weighted by molar-refractivity contribution is 5.32. The van der Waals surface area contributed by atoms with E-state index in [1.54, 1.807) is 0 Å². The fraction of sp³-hybridized carbons (Fsp3) is 0.500. The van der Waals surface area contributed by atoms with Crippen LogP contribution in [-0.4, -0.2) is 9.78 Å². The molecule has 0 amide bonds. The van der Waals surface area contributed by atoms with Gasteiger partial charge in [0.1, 0.15) is 0 Å². The van der Waals surface area contributed by atoms with Crippen molar-refractivity contribution in [1.82, 2.24) is 15.1 Å². The van der Waals surface area contributed by atoms with Gasteiger partial charge in [-0.1, -0.05) is 30.7 Å². The van der Waals surface area contributed by atoms with Crippen LogP contribution in [0.15, 0.2) is 30.5 Å². The first kappa shape index (κ1) is 14.3. The van der Waals surface area contributed by atoms with Crippen LogP contribution in [0.2, 0.25) is 0 Å². The van der Waals surface area contributed by atoms with E-state index in [1.807, 2.05) is 17.9 Å². The van der Waals surface area contributed by atoms with Crippen LogP contribution in [0, 0.1) is 6.92 Å². The van der Waals surface area contributed by atoms with Crippen molar-refractivity contribution in [1.29, 1.82) is 0 Å². The zero-order valence-corrected chi connectivity index (χ0v) is 13.3. The smallest absolute Gasteiger partial charge is 0.0540 e. The van der Waals surface area contributed by atoms with Crippen LogP contribution >= 0.6 is 0 Å². The van der Waals surface area contributed by atoms with Crippen LogP contribution < -0.4 is 5.32 Å². The summed E-state index contributed by atoms with van der Waals surface area (Å²) in [6, 6.07) is 9.69. The van der Waals surface area contributed by atoms with E-state index in [1.165, 1.54) is 48.1 Å². The van der Waals surface area contributed by atoms with E-state index < -0.39 is 0 Å². The molecule has 0 spiro atoms. The van der Waals surface area contributed by atoms with Gasteiger partial charge in [-0.25, -0.2) is 0 Å². The number of aromatic nitrogens is 2. The Morgan fingerprint density at radius 2 is 2.10 bits per heavy atom. The van der Waals surface area contributed by atoms with Gasteiger partial charge < -0.3 is 5.32 Å². The van der Waals surface area contributed by atoms with Gasteiger partial charge in [0.2, 0.25) is 0 Å². The summed E-state index contributed by atoms with van der Waals surface area (Å²) >= 11 is 0. The van der Waals surface area contributed by atoms with Crippen molar-refractivity contribution in [2.24, 2.45) is 7.05 Å². The lowest BCUT2D eigenvalue weighted by atomic mass is 9.97. The number of nitrogens with one attached hydrogen (secondary N) is 1. The van der Waals surface area contributed by atoms with Crippen molar-refractivity contribution in [2.45, 2.75) is 51.6 Å². The summed E-state index contributed by atoms with van der Waals surface area (Å²) in [6.45, 7) is 4.39. The quantitative estimate of drug-likeness (QED) is 0.867. The van der Waals surface area contributed by atoms with Gasteiger partial charge in [-0.3, -0.25) is 4.68 Å². The summed E-state index contributed by atoms with van der Waals surface area (Å²) in [6.07, 6.45) is 7.03. The highest BCUT2D eigenvalue weighted by Crippen LogP contribution is 2.31. The summed E-state index contributed by atoms with van der Waals surface area (Å²) in [5.41, 5.74) is 5.56. The molecule has 3 heteroatoms. The lowest BCUT2D eigenvalue weighted by Crippen LogP contribution is -2.25. The van der Waals surface area contributed by atoms with Crippen LogP contribution in [0.3, 0.4) is 0 Å². The van der Waals surface area contributed by atoms with Gasteiger partial charge in [-0.05, 0) is 44.2 Å². The minimum absolute atomic E-state index is 0.329. The van der Waals surface area contributed by atoms with Gasteiger partial charge in [-0.15, -0.1) is 0 Å². The molecule has 1 aliphatic carbocycles. The molecule has 2 aromatic rings. The van der Waals surface area contributed by atoms with Gasteiger partial charge in [-0.2, -0.15) is 5.10 Å². The van der Waals surface area contributed by atoms with Crippen molar-refractivity contribution in [2.75, 3.05) is 0 Å². The van der Waals surface area contributed by atoms with E-state index in [0.29, 0.717) is 12.1 Å². The highest BCUT2D eigenvalue weighted by atomic mass is 15.3. The largest absolute Gasteiger partial charge is 0.303 e. The first-order chi connectivity index (χ1) is 10.2. The lowest BCUT2D eigenvalue weighted by molar-refractivity contribution is 0.436. The number of hydrogen-bond acceptors (Lipinski definition) is 2. The standard InChI is InChI=1S/C18H25N3/c1-13(17-12-19-21(3)14(17)2)20-18-11-7-5-9-15-8-4-6-10-16(15)18/h4,6,8,10,12-13,18,20H,5,7,9,11H2,1-3H3. The molecule has 0 saturated heterocycles. The Labute approximate surface area is 127 Å². The molecule has 0 radical (unpaired) electrons. The molecule has 21 heavy (non-hydrogen) atoms. The van der Waals surface area contributed by atoms with E-state index in [9.17, 15) is 0 Å². The molecule has 0 fully saturated rings. The average molecular weight is 283 g/mol. The number of aryl methyl sites for hydroxylation is 2. The number of hydrogen-bond donors (Lipinski definition) is 1. The maximum atomic E-state index is 4.37. The molecule has 3 nitrogen and oxygen atoms in total. The summed E-state index contributed by atoms with van der Waals surface area (Å²) in [4.78, 5) is 0. The zero-order valence-electron chi connectivity index (χ0n) is 13.3. The second-order valence-electron chi connectivity index (χ2n) is 6.19. The highest BCUT2D eigenvalue weighted by Gasteiger charge is 2.21. The van der Waals surface area contributed by atoms with Gasteiger partial charge in [0.25, 0.3) is 0 Å². The minimum Gasteiger partial charge on any atom is -0.303 e. The Hall–Kier alpha value is -1.61. The average Bonchev–Trinajstić information content (AvgIpc) is 2.71. The third-order valence-corrected chi connectivity index (χ3v) is 4.81. The van der Waals surface area contributed by atoms with Crippen LogP contribution in [0.25, 0.3) is 0 Å². The summed E-state index contributed by atoms with van der Waals surface area (Å²) in [5, 5.41) is 8.20. The fourth-order valence-electron chi connectivity index (χ4n) is 3.43. The summed E-state index contributed by atoms with van der Waals surface area (Å²) in [7, 11) is 2.01. The topological polar surface area (TPSA) is 29.9 Å². The monoisotopic (exact) mass is 283 g/mol.